The Labute approximate surface area is 307 Å². The Bertz CT molecular complexity index is 2140. The van der Waals surface area contributed by atoms with Gasteiger partial charge in [-0.1, -0.05) is 66.7 Å². The van der Waals surface area contributed by atoms with Gasteiger partial charge in [0.05, 0.1) is 24.8 Å². The Morgan fingerprint density at radius 1 is 0.784 bits per heavy atom. The molecule has 0 saturated carbocycles. The van der Waals surface area contributed by atoms with Crippen LogP contribution in [-0.2, 0) is 9.59 Å². The molecule has 0 aliphatic carbocycles. The lowest BCUT2D eigenvalue weighted by Gasteiger charge is -2.17. The maximum atomic E-state index is 13.7. The standard InChI is InChI=1S/C39H32N4O5S3/c1-47-32-16-9-15-27(34(32)48-2)23-30(41-36(44)26-13-7-4-8-14-26)37(45)40-28-18-20-29(21-19-28)51-35(25-11-5-3-6-12-25)38(46)43-39-42-31(24-50-39)33-17-10-22-49-33/h3-24,35H,1-2H3,(H,40,45)(H,41,44)(H,42,43,46)/b30-23-. The normalized spacial score (nSPS) is 11.7. The van der Waals surface area contributed by atoms with Crippen LogP contribution < -0.4 is 25.4 Å². The number of methoxy groups -OCH3 is 2. The second-order valence-corrected chi connectivity index (χ2v) is 13.8. The van der Waals surface area contributed by atoms with Crippen LogP contribution in [0.5, 0.6) is 11.5 Å². The lowest BCUT2D eigenvalue weighted by atomic mass is 10.1. The van der Waals surface area contributed by atoms with Crippen LogP contribution in [0, 0.1) is 0 Å². The van der Waals surface area contributed by atoms with Crippen molar-refractivity contribution in [3.63, 3.8) is 0 Å². The molecule has 0 aliphatic heterocycles. The molecule has 6 aromatic rings. The third-order valence-corrected chi connectivity index (χ3v) is 10.4. The minimum absolute atomic E-state index is 0.000840. The van der Waals surface area contributed by atoms with Gasteiger partial charge in [-0.25, -0.2) is 4.98 Å². The van der Waals surface area contributed by atoms with E-state index in [-0.39, 0.29) is 11.6 Å². The monoisotopic (exact) mass is 732 g/mol. The van der Waals surface area contributed by atoms with Crippen molar-refractivity contribution in [2.75, 3.05) is 24.9 Å². The fraction of sp³-hybridized carbons (Fsp3) is 0.0769. The van der Waals surface area contributed by atoms with Crippen LogP contribution in [0.1, 0.15) is 26.7 Å². The molecule has 0 spiro atoms. The highest BCUT2D eigenvalue weighted by molar-refractivity contribution is 8.00. The van der Waals surface area contributed by atoms with E-state index in [9.17, 15) is 14.4 Å². The first-order valence-electron chi connectivity index (χ1n) is 15.6. The van der Waals surface area contributed by atoms with Crippen molar-refractivity contribution >= 4 is 69.1 Å². The lowest BCUT2D eigenvalue weighted by molar-refractivity contribution is -0.116. The molecule has 51 heavy (non-hydrogen) atoms. The van der Waals surface area contributed by atoms with Crippen molar-refractivity contribution in [3.05, 3.63) is 148 Å². The molecule has 6 rings (SSSR count). The van der Waals surface area contributed by atoms with Crippen LogP contribution in [-0.4, -0.2) is 36.9 Å². The van der Waals surface area contributed by atoms with Crippen LogP contribution >= 0.6 is 34.4 Å². The zero-order valence-corrected chi connectivity index (χ0v) is 29.9. The van der Waals surface area contributed by atoms with Gasteiger partial charge in [0, 0.05) is 27.1 Å². The van der Waals surface area contributed by atoms with E-state index >= 15 is 0 Å². The predicted molar refractivity (Wildman–Crippen MR) is 206 cm³/mol. The SMILES string of the molecule is COc1cccc(/C=C(\NC(=O)c2ccccc2)C(=O)Nc2ccc(SC(C(=O)Nc3nc(-c4cccs4)cs3)c3ccccc3)cc2)c1OC. The van der Waals surface area contributed by atoms with Crippen molar-refractivity contribution in [1.29, 1.82) is 0 Å². The average Bonchev–Trinajstić information content (AvgIpc) is 3.88. The molecule has 0 saturated heterocycles. The van der Waals surface area contributed by atoms with E-state index in [0.29, 0.717) is 33.4 Å². The first-order chi connectivity index (χ1) is 24.9. The van der Waals surface area contributed by atoms with E-state index in [4.69, 9.17) is 9.47 Å². The van der Waals surface area contributed by atoms with Gasteiger partial charge in [0.1, 0.15) is 10.9 Å². The number of thiazole rings is 1. The number of carbonyl (C=O) groups excluding carboxylic acids is 3. The maximum absolute atomic E-state index is 13.7. The van der Waals surface area contributed by atoms with Crippen LogP contribution in [0.25, 0.3) is 16.6 Å². The number of thiophene rings is 1. The fourth-order valence-electron chi connectivity index (χ4n) is 5.02. The van der Waals surface area contributed by atoms with Gasteiger partial charge in [0.2, 0.25) is 5.91 Å². The summed E-state index contributed by atoms with van der Waals surface area (Å²) in [6, 6.07) is 34.5. The number of ether oxygens (including phenoxy) is 2. The van der Waals surface area contributed by atoms with Crippen LogP contribution in [0.2, 0.25) is 0 Å². The van der Waals surface area contributed by atoms with Gasteiger partial charge in [0.25, 0.3) is 11.8 Å². The highest BCUT2D eigenvalue weighted by Crippen LogP contribution is 2.38. The van der Waals surface area contributed by atoms with Gasteiger partial charge >= 0.3 is 0 Å². The number of hydrogen-bond acceptors (Lipinski definition) is 9. The second-order valence-electron chi connectivity index (χ2n) is 10.9. The number of hydrogen-bond donors (Lipinski definition) is 3. The van der Waals surface area contributed by atoms with E-state index in [1.165, 1.54) is 43.4 Å². The first kappa shape index (κ1) is 35.1. The number of nitrogens with zero attached hydrogens (tertiary/aromatic N) is 1. The van der Waals surface area contributed by atoms with E-state index in [1.54, 1.807) is 72.0 Å². The number of carbonyl (C=O) groups is 3. The largest absolute Gasteiger partial charge is 0.493 e. The quantitative estimate of drug-likeness (QED) is 0.0803. The van der Waals surface area contributed by atoms with Gasteiger partial charge < -0.3 is 25.4 Å². The molecule has 0 aliphatic rings. The van der Waals surface area contributed by atoms with E-state index in [2.05, 4.69) is 20.9 Å². The highest BCUT2D eigenvalue weighted by Gasteiger charge is 2.24. The van der Waals surface area contributed by atoms with E-state index < -0.39 is 17.1 Å². The van der Waals surface area contributed by atoms with Crippen LogP contribution in [0.15, 0.2) is 137 Å². The van der Waals surface area contributed by atoms with Gasteiger partial charge in [-0.05, 0) is 65.6 Å². The Morgan fingerprint density at radius 2 is 1.53 bits per heavy atom. The molecule has 0 radical (unpaired) electrons. The summed E-state index contributed by atoms with van der Waals surface area (Å²) >= 11 is 4.36. The highest BCUT2D eigenvalue weighted by atomic mass is 32.2. The van der Waals surface area contributed by atoms with E-state index in [1.807, 2.05) is 65.4 Å². The molecule has 2 aromatic heterocycles. The topological polar surface area (TPSA) is 119 Å². The third kappa shape index (κ3) is 8.92. The van der Waals surface area contributed by atoms with Crippen molar-refractivity contribution in [1.82, 2.24) is 10.3 Å². The molecule has 3 N–H and O–H groups in total. The summed E-state index contributed by atoms with van der Waals surface area (Å²) in [5, 5.41) is 12.5. The molecule has 256 valence electrons. The van der Waals surface area contributed by atoms with Gasteiger partial charge in [-0.3, -0.25) is 14.4 Å². The number of anilines is 2. The third-order valence-electron chi connectivity index (χ3n) is 7.48. The number of thioether (sulfide) groups is 1. The van der Waals surface area contributed by atoms with Gasteiger partial charge in [-0.2, -0.15) is 0 Å². The van der Waals surface area contributed by atoms with Crippen molar-refractivity contribution < 1.29 is 23.9 Å². The van der Waals surface area contributed by atoms with E-state index in [0.717, 1.165) is 21.0 Å². The lowest BCUT2D eigenvalue weighted by Crippen LogP contribution is -2.30. The molecule has 12 heteroatoms. The molecule has 4 aromatic carbocycles. The Balaban J connectivity index is 1.20. The molecule has 1 atom stereocenters. The van der Waals surface area contributed by atoms with Crippen LogP contribution in [0.3, 0.4) is 0 Å². The molecule has 3 amide bonds. The maximum Gasteiger partial charge on any atom is 0.272 e. The summed E-state index contributed by atoms with van der Waals surface area (Å²) in [7, 11) is 3.03. The summed E-state index contributed by atoms with van der Waals surface area (Å²) < 4.78 is 11.0. The molecular weight excluding hydrogens is 701 g/mol. The summed E-state index contributed by atoms with van der Waals surface area (Å²) in [6.07, 6.45) is 1.54. The minimum atomic E-state index is -0.568. The number of nitrogens with one attached hydrogen (secondary N) is 3. The molecule has 0 bridgehead atoms. The van der Waals surface area contributed by atoms with Crippen molar-refractivity contribution in [3.8, 4) is 22.1 Å². The molecule has 2 heterocycles. The first-order valence-corrected chi connectivity index (χ1v) is 18.3. The number of aromatic nitrogens is 1. The minimum Gasteiger partial charge on any atom is -0.493 e. The summed E-state index contributed by atoms with van der Waals surface area (Å²) in [5.41, 5.74) is 3.08. The predicted octanol–water partition coefficient (Wildman–Crippen LogP) is 8.77. The number of para-hydroxylation sites is 1. The smallest absolute Gasteiger partial charge is 0.272 e. The number of rotatable bonds is 13. The fourth-order valence-corrected chi connectivity index (χ4v) is 7.51. The molecular formula is C39H32N4O5S3. The Hall–Kier alpha value is -5.69. The number of amides is 3. The summed E-state index contributed by atoms with van der Waals surface area (Å²) in [4.78, 5) is 46.9. The summed E-state index contributed by atoms with van der Waals surface area (Å²) in [6.45, 7) is 0. The van der Waals surface area contributed by atoms with Gasteiger partial charge in [0.15, 0.2) is 16.6 Å². The zero-order chi connectivity index (χ0) is 35.6. The molecule has 1 unspecified atom stereocenters. The number of benzene rings is 4. The Morgan fingerprint density at radius 3 is 2.22 bits per heavy atom. The average molecular weight is 733 g/mol. The molecule has 0 fully saturated rings. The van der Waals surface area contributed by atoms with Crippen molar-refractivity contribution in [2.24, 2.45) is 0 Å². The zero-order valence-electron chi connectivity index (χ0n) is 27.5. The second kappa shape index (κ2) is 16.8. The molecule has 9 nitrogen and oxygen atoms in total. The van der Waals surface area contributed by atoms with Gasteiger partial charge in [-0.15, -0.1) is 34.4 Å². The Kier molecular flexibility index (Phi) is 11.6. The van der Waals surface area contributed by atoms with Crippen LogP contribution in [0.4, 0.5) is 10.8 Å². The van der Waals surface area contributed by atoms with Crippen molar-refractivity contribution in [2.45, 2.75) is 10.1 Å². The summed E-state index contributed by atoms with van der Waals surface area (Å²) in [5.74, 6) is -0.304.